The maximum absolute atomic E-state index is 13.3. The number of hydrogen-bond donors (Lipinski definition) is 3. The summed E-state index contributed by atoms with van der Waals surface area (Å²) in [6.45, 7) is 1.81. The fraction of sp³-hybridized carbons (Fsp3) is 0.0909. The molecular formula is C33H27ClN4O4S2. The highest BCUT2D eigenvalue weighted by molar-refractivity contribution is 8.00. The molecule has 222 valence electrons. The molecule has 44 heavy (non-hydrogen) atoms. The molecule has 0 saturated heterocycles. The van der Waals surface area contributed by atoms with E-state index in [2.05, 4.69) is 20.9 Å². The van der Waals surface area contributed by atoms with Crippen molar-refractivity contribution in [1.82, 2.24) is 10.3 Å². The van der Waals surface area contributed by atoms with E-state index >= 15 is 0 Å². The fourth-order valence-corrected chi connectivity index (χ4v) is 5.92. The molecule has 1 unspecified atom stereocenters. The van der Waals surface area contributed by atoms with E-state index in [4.69, 9.17) is 16.3 Å². The molecule has 4 aromatic carbocycles. The first-order chi connectivity index (χ1) is 21.3. The van der Waals surface area contributed by atoms with Crippen molar-refractivity contribution >= 4 is 79.5 Å². The van der Waals surface area contributed by atoms with Crippen LogP contribution in [0.4, 0.5) is 10.8 Å². The summed E-state index contributed by atoms with van der Waals surface area (Å²) in [6.07, 6.45) is 1.58. The third kappa shape index (κ3) is 8.04. The van der Waals surface area contributed by atoms with E-state index in [1.54, 1.807) is 73.8 Å². The van der Waals surface area contributed by atoms with Crippen LogP contribution in [0.1, 0.15) is 22.8 Å². The molecule has 3 amide bonds. The number of fused-ring (bicyclic) bond motifs is 1. The van der Waals surface area contributed by atoms with Gasteiger partial charge in [0.2, 0.25) is 5.91 Å². The highest BCUT2D eigenvalue weighted by atomic mass is 35.5. The van der Waals surface area contributed by atoms with Gasteiger partial charge in [-0.15, -0.1) is 11.8 Å². The smallest absolute Gasteiger partial charge is 0.272 e. The van der Waals surface area contributed by atoms with Crippen molar-refractivity contribution in [2.45, 2.75) is 17.1 Å². The summed E-state index contributed by atoms with van der Waals surface area (Å²) in [5, 5.41) is 9.12. The number of nitrogens with one attached hydrogen (secondary N) is 3. The summed E-state index contributed by atoms with van der Waals surface area (Å²) in [6, 6.07) is 28.2. The zero-order valence-electron chi connectivity index (χ0n) is 23.7. The van der Waals surface area contributed by atoms with E-state index in [1.165, 1.54) is 23.1 Å². The van der Waals surface area contributed by atoms with Gasteiger partial charge in [-0.1, -0.05) is 53.3 Å². The first-order valence-electron chi connectivity index (χ1n) is 13.4. The number of carbonyl (C=O) groups is 3. The Bertz CT molecular complexity index is 1820. The molecule has 1 atom stereocenters. The van der Waals surface area contributed by atoms with Crippen molar-refractivity contribution < 1.29 is 19.1 Å². The molecule has 5 rings (SSSR count). The third-order valence-electron chi connectivity index (χ3n) is 6.33. The zero-order chi connectivity index (χ0) is 31.1. The second kappa shape index (κ2) is 14.2. The Balaban J connectivity index is 1.22. The van der Waals surface area contributed by atoms with Crippen LogP contribution in [0.2, 0.25) is 5.02 Å². The monoisotopic (exact) mass is 642 g/mol. The Morgan fingerprint density at radius 2 is 1.66 bits per heavy atom. The Labute approximate surface area is 267 Å². The number of thioether (sulfide) groups is 1. The molecule has 0 radical (unpaired) electrons. The third-order valence-corrected chi connectivity index (χ3v) is 8.63. The highest BCUT2D eigenvalue weighted by Gasteiger charge is 2.18. The van der Waals surface area contributed by atoms with Gasteiger partial charge in [-0.05, 0) is 85.3 Å². The minimum Gasteiger partial charge on any atom is -0.497 e. The number of anilines is 2. The van der Waals surface area contributed by atoms with Crippen LogP contribution in [0, 0.1) is 0 Å². The number of nitrogens with zero attached hydrogens (tertiary/aromatic N) is 1. The zero-order valence-corrected chi connectivity index (χ0v) is 26.1. The van der Waals surface area contributed by atoms with Crippen LogP contribution in [0.5, 0.6) is 5.75 Å². The van der Waals surface area contributed by atoms with Gasteiger partial charge in [-0.2, -0.15) is 0 Å². The number of hydrogen-bond acceptors (Lipinski definition) is 7. The number of rotatable bonds is 10. The molecule has 0 bridgehead atoms. The number of amides is 3. The highest BCUT2D eigenvalue weighted by Crippen LogP contribution is 2.31. The van der Waals surface area contributed by atoms with Crippen molar-refractivity contribution in [2.24, 2.45) is 0 Å². The minimum absolute atomic E-state index is 0.0678. The molecule has 1 heterocycles. The maximum Gasteiger partial charge on any atom is 0.272 e. The van der Waals surface area contributed by atoms with Crippen LogP contribution in [0.15, 0.2) is 108 Å². The van der Waals surface area contributed by atoms with Crippen molar-refractivity contribution in [3.8, 4) is 5.75 Å². The molecule has 8 nitrogen and oxygen atoms in total. The molecule has 0 spiro atoms. The predicted octanol–water partition coefficient (Wildman–Crippen LogP) is 7.49. The van der Waals surface area contributed by atoms with Crippen LogP contribution in [-0.2, 0) is 9.59 Å². The van der Waals surface area contributed by atoms with Gasteiger partial charge in [0.1, 0.15) is 11.4 Å². The van der Waals surface area contributed by atoms with Crippen LogP contribution < -0.4 is 20.7 Å². The summed E-state index contributed by atoms with van der Waals surface area (Å²) in [5.74, 6) is -0.353. The quantitative estimate of drug-likeness (QED) is 0.108. The molecule has 0 saturated carbocycles. The van der Waals surface area contributed by atoms with Crippen LogP contribution in [0.3, 0.4) is 0 Å². The molecular weight excluding hydrogens is 616 g/mol. The number of methoxy groups -OCH3 is 1. The molecule has 0 fully saturated rings. The summed E-state index contributed by atoms with van der Waals surface area (Å²) >= 11 is 8.77. The SMILES string of the molecule is COc1ccc2nc(NC(=O)C(C)Sc3ccc(NC(=O)/C(=C/c4ccc(Cl)cc4)NC(=O)c4ccccc4)cc3)sc2c1. The van der Waals surface area contributed by atoms with E-state index < -0.39 is 17.1 Å². The molecule has 1 aromatic heterocycles. The summed E-state index contributed by atoms with van der Waals surface area (Å²) in [7, 11) is 1.61. The Morgan fingerprint density at radius 1 is 0.932 bits per heavy atom. The number of benzene rings is 4. The van der Waals surface area contributed by atoms with E-state index in [9.17, 15) is 14.4 Å². The van der Waals surface area contributed by atoms with Crippen LogP contribution >= 0.6 is 34.7 Å². The Kier molecular flexibility index (Phi) is 9.96. The standard InChI is InChI=1S/C33H27ClN4O4S2/c1-20(30(39)38-33-37-27-17-14-25(42-2)19-29(27)44-33)43-26-15-12-24(13-16-26)35-32(41)28(18-21-8-10-23(34)11-9-21)36-31(40)22-6-4-3-5-7-22/h3-20H,1-2H3,(H,35,41)(H,36,40)(H,37,38,39)/b28-18-. The van der Waals surface area contributed by atoms with Crippen LogP contribution in [0.25, 0.3) is 16.3 Å². The van der Waals surface area contributed by atoms with Gasteiger partial charge in [0.15, 0.2) is 5.13 Å². The van der Waals surface area contributed by atoms with Gasteiger partial charge in [-0.25, -0.2) is 4.98 Å². The number of carbonyl (C=O) groups excluding carboxylic acids is 3. The van der Waals surface area contributed by atoms with Gasteiger partial charge in [0.05, 0.1) is 22.6 Å². The number of ether oxygens (including phenoxy) is 1. The molecule has 0 aliphatic heterocycles. The van der Waals surface area contributed by atoms with E-state index in [0.29, 0.717) is 27.0 Å². The van der Waals surface area contributed by atoms with Crippen molar-refractivity contribution in [1.29, 1.82) is 0 Å². The lowest BCUT2D eigenvalue weighted by molar-refractivity contribution is -0.115. The molecule has 3 N–H and O–H groups in total. The topological polar surface area (TPSA) is 109 Å². The maximum atomic E-state index is 13.3. The van der Waals surface area contributed by atoms with Crippen molar-refractivity contribution in [3.63, 3.8) is 0 Å². The molecule has 5 aromatic rings. The van der Waals surface area contributed by atoms with Gasteiger partial charge in [-0.3, -0.25) is 14.4 Å². The number of thiazole rings is 1. The fourth-order valence-electron chi connectivity index (χ4n) is 4.03. The average Bonchev–Trinajstić information content (AvgIpc) is 3.44. The minimum atomic E-state index is -0.495. The van der Waals surface area contributed by atoms with Gasteiger partial charge in [0, 0.05) is 21.2 Å². The van der Waals surface area contributed by atoms with E-state index in [-0.39, 0.29) is 11.6 Å². The summed E-state index contributed by atoms with van der Waals surface area (Å²) < 4.78 is 6.18. The van der Waals surface area contributed by atoms with E-state index in [1.807, 2.05) is 43.3 Å². The lowest BCUT2D eigenvalue weighted by Gasteiger charge is -2.13. The molecule has 0 aliphatic rings. The normalized spacial score (nSPS) is 11.9. The second-order valence-electron chi connectivity index (χ2n) is 9.51. The van der Waals surface area contributed by atoms with Crippen LogP contribution in [-0.4, -0.2) is 35.1 Å². The van der Waals surface area contributed by atoms with Crippen molar-refractivity contribution in [2.75, 3.05) is 17.7 Å². The molecule has 11 heteroatoms. The predicted molar refractivity (Wildman–Crippen MR) is 179 cm³/mol. The van der Waals surface area contributed by atoms with Gasteiger partial charge in [0.25, 0.3) is 11.8 Å². The number of halogens is 1. The number of aromatic nitrogens is 1. The van der Waals surface area contributed by atoms with E-state index in [0.717, 1.165) is 20.9 Å². The average molecular weight is 643 g/mol. The first kappa shape index (κ1) is 30.8. The van der Waals surface area contributed by atoms with Crippen molar-refractivity contribution in [3.05, 3.63) is 119 Å². The largest absolute Gasteiger partial charge is 0.497 e. The summed E-state index contributed by atoms with van der Waals surface area (Å²) in [4.78, 5) is 44.3. The lowest BCUT2D eigenvalue weighted by Crippen LogP contribution is -2.30. The Hall–Kier alpha value is -4.64. The summed E-state index contributed by atoms with van der Waals surface area (Å²) in [5.41, 5.74) is 2.49. The molecule has 0 aliphatic carbocycles. The second-order valence-corrected chi connectivity index (χ2v) is 12.4. The lowest BCUT2D eigenvalue weighted by atomic mass is 10.1. The Morgan fingerprint density at radius 3 is 2.36 bits per heavy atom. The van der Waals surface area contributed by atoms with Gasteiger partial charge < -0.3 is 20.7 Å². The first-order valence-corrected chi connectivity index (χ1v) is 15.5. The van der Waals surface area contributed by atoms with Gasteiger partial charge >= 0.3 is 0 Å².